The molecule has 0 spiro atoms. The first-order chi connectivity index (χ1) is 16.5. The van der Waals surface area contributed by atoms with Gasteiger partial charge in [0.25, 0.3) is 0 Å². The summed E-state index contributed by atoms with van der Waals surface area (Å²) >= 11 is 0. The highest BCUT2D eigenvalue weighted by molar-refractivity contribution is 5.41. The average molecular weight is 496 g/mol. The van der Waals surface area contributed by atoms with Gasteiger partial charge in [0.2, 0.25) is 0 Å². The molecule has 2 fully saturated rings. The summed E-state index contributed by atoms with van der Waals surface area (Å²) in [7, 11) is 1.74. The van der Waals surface area contributed by atoms with Gasteiger partial charge in [-0.2, -0.15) is 0 Å². The third kappa shape index (κ3) is 4.77. The number of fused-ring (bicyclic) bond motifs is 2. The zero-order valence-electron chi connectivity index (χ0n) is 21.8. The molecule has 4 aliphatic rings. The van der Waals surface area contributed by atoms with Crippen molar-refractivity contribution in [1.82, 2.24) is 0 Å². The molecule has 0 aromatic heterocycles. The van der Waals surface area contributed by atoms with Gasteiger partial charge in [0.15, 0.2) is 6.29 Å². The molecular formula is C27H45NO7. The number of aliphatic hydroxyl groups excluding tert-OH is 4. The van der Waals surface area contributed by atoms with Gasteiger partial charge in [-0.3, -0.25) is 0 Å². The minimum Gasteiger partial charge on any atom is -0.390 e. The molecule has 35 heavy (non-hydrogen) atoms. The quantitative estimate of drug-likeness (QED) is 0.350. The van der Waals surface area contributed by atoms with Crippen molar-refractivity contribution < 1.29 is 34.6 Å². The number of ether oxygens (including phenoxy) is 3. The number of hydrogen-bond donors (Lipinski definition) is 5. The normalized spacial score (nSPS) is 47.8. The maximum atomic E-state index is 11.8. The first kappa shape index (κ1) is 27.2. The zero-order chi connectivity index (χ0) is 25.7. The van der Waals surface area contributed by atoms with Crippen molar-refractivity contribution in [1.29, 1.82) is 0 Å². The molecular weight excluding hydrogens is 450 g/mol. The molecule has 4 rings (SSSR count). The summed E-state index contributed by atoms with van der Waals surface area (Å²) in [5.41, 5.74) is 9.15. The summed E-state index contributed by atoms with van der Waals surface area (Å²) in [5.74, 6) is 0.761. The summed E-state index contributed by atoms with van der Waals surface area (Å²) < 4.78 is 17.8. The van der Waals surface area contributed by atoms with Crippen LogP contribution in [-0.4, -0.2) is 83.6 Å². The Balaban J connectivity index is 1.77. The van der Waals surface area contributed by atoms with Crippen molar-refractivity contribution in [2.24, 2.45) is 34.8 Å². The maximum Gasteiger partial charge on any atom is 0.187 e. The van der Waals surface area contributed by atoms with E-state index in [2.05, 4.69) is 33.8 Å². The minimum absolute atomic E-state index is 0.0266. The summed E-state index contributed by atoms with van der Waals surface area (Å²) in [6, 6.07) is 0. The predicted molar refractivity (Wildman–Crippen MR) is 131 cm³/mol. The van der Waals surface area contributed by atoms with E-state index in [0.717, 1.165) is 31.3 Å². The Labute approximate surface area is 209 Å². The molecule has 0 radical (unpaired) electrons. The van der Waals surface area contributed by atoms with Crippen LogP contribution in [0.15, 0.2) is 22.8 Å². The van der Waals surface area contributed by atoms with Gasteiger partial charge in [0.1, 0.15) is 30.5 Å². The highest BCUT2D eigenvalue weighted by atomic mass is 16.7. The van der Waals surface area contributed by atoms with Gasteiger partial charge in [-0.05, 0) is 49.0 Å². The monoisotopic (exact) mass is 495 g/mol. The Morgan fingerprint density at radius 2 is 1.83 bits per heavy atom. The van der Waals surface area contributed by atoms with Crippen molar-refractivity contribution in [3.8, 4) is 0 Å². The lowest BCUT2D eigenvalue weighted by molar-refractivity contribution is -0.310. The summed E-state index contributed by atoms with van der Waals surface area (Å²) in [5, 5.41) is 43.2. The van der Waals surface area contributed by atoms with Gasteiger partial charge < -0.3 is 40.4 Å². The lowest BCUT2D eigenvalue weighted by atomic mass is 9.68. The molecule has 8 nitrogen and oxygen atoms in total. The van der Waals surface area contributed by atoms with E-state index in [-0.39, 0.29) is 29.7 Å². The van der Waals surface area contributed by atoms with E-state index in [4.69, 9.17) is 19.9 Å². The van der Waals surface area contributed by atoms with Gasteiger partial charge in [-0.1, -0.05) is 44.9 Å². The SMILES string of the molecule is COC[C@H]1CC[C@@H]2/C1=C\[C@@]1(C)CCC(C(C)C)=C1[C@@H](O[C@H]1O[C@H](CN)[C@@H](O)[C@H](O)[C@H]1O)[C@H](O)[C@@H]2C. The third-order valence-electron chi connectivity index (χ3n) is 9.10. The number of rotatable bonds is 6. The van der Waals surface area contributed by atoms with Gasteiger partial charge in [0.05, 0.1) is 12.7 Å². The van der Waals surface area contributed by atoms with Crippen molar-refractivity contribution in [2.45, 2.75) is 96.3 Å². The predicted octanol–water partition coefficient (Wildman–Crippen LogP) is 1.50. The second kappa shape index (κ2) is 10.5. The molecule has 1 heterocycles. The summed E-state index contributed by atoms with van der Waals surface area (Å²) in [4.78, 5) is 0. The number of methoxy groups -OCH3 is 1. The lowest BCUT2D eigenvalue weighted by Gasteiger charge is -2.46. The summed E-state index contributed by atoms with van der Waals surface area (Å²) in [6.07, 6.45) is -1.56. The van der Waals surface area contributed by atoms with Crippen LogP contribution in [0.5, 0.6) is 0 Å². The van der Waals surface area contributed by atoms with Gasteiger partial charge >= 0.3 is 0 Å². The van der Waals surface area contributed by atoms with Crippen LogP contribution in [0.2, 0.25) is 0 Å². The largest absolute Gasteiger partial charge is 0.390 e. The Morgan fingerprint density at radius 1 is 1.11 bits per heavy atom. The van der Waals surface area contributed by atoms with Crippen LogP contribution in [0.4, 0.5) is 0 Å². The van der Waals surface area contributed by atoms with Crippen molar-refractivity contribution in [3.05, 3.63) is 22.8 Å². The van der Waals surface area contributed by atoms with Crippen LogP contribution in [-0.2, 0) is 14.2 Å². The summed E-state index contributed by atoms with van der Waals surface area (Å²) in [6.45, 7) is 9.27. The van der Waals surface area contributed by atoms with Gasteiger partial charge in [0, 0.05) is 25.0 Å². The minimum atomic E-state index is -1.46. The topological polar surface area (TPSA) is 135 Å². The molecule has 6 N–H and O–H groups in total. The van der Waals surface area contributed by atoms with E-state index >= 15 is 0 Å². The second-order valence-electron chi connectivity index (χ2n) is 11.6. The van der Waals surface area contributed by atoms with Crippen LogP contribution in [0, 0.1) is 29.1 Å². The van der Waals surface area contributed by atoms with E-state index in [1.54, 1.807) is 7.11 Å². The molecule has 200 valence electrons. The highest BCUT2D eigenvalue weighted by Gasteiger charge is 2.52. The number of allylic oxidation sites excluding steroid dienone is 2. The Bertz CT molecular complexity index is 826. The second-order valence-corrected chi connectivity index (χ2v) is 11.6. The molecule has 11 atom stereocenters. The van der Waals surface area contributed by atoms with E-state index in [1.165, 1.54) is 11.1 Å². The Morgan fingerprint density at radius 3 is 2.46 bits per heavy atom. The van der Waals surface area contributed by atoms with E-state index in [0.29, 0.717) is 12.5 Å². The molecule has 0 bridgehead atoms. The Hall–Kier alpha value is -0.840. The molecule has 8 heteroatoms. The molecule has 1 aliphatic heterocycles. The average Bonchev–Trinajstić information content (AvgIpc) is 3.36. The Kier molecular flexibility index (Phi) is 8.16. The van der Waals surface area contributed by atoms with E-state index in [9.17, 15) is 20.4 Å². The van der Waals surface area contributed by atoms with Crippen LogP contribution in [0.1, 0.15) is 53.4 Å². The lowest BCUT2D eigenvalue weighted by Crippen LogP contribution is -2.61. The van der Waals surface area contributed by atoms with Crippen LogP contribution in [0.3, 0.4) is 0 Å². The van der Waals surface area contributed by atoms with Crippen LogP contribution < -0.4 is 5.73 Å². The molecule has 0 amide bonds. The van der Waals surface area contributed by atoms with Crippen LogP contribution in [0.25, 0.3) is 0 Å². The van der Waals surface area contributed by atoms with E-state index < -0.39 is 42.9 Å². The standard InChI is InChI=1S/C27H45NO7/c1-13(2)16-8-9-27(4)10-18-15(12-33-5)6-7-17(18)14(3)21(29)25(20(16)27)35-26-24(32)23(31)22(30)19(11-28)34-26/h10,13-15,17,19,21-26,29-32H,6-9,11-12,28H2,1-5H3/b18-10-/t14-,15-,17+,19-,21-,22-,23+,24-,25-,26-,27-/m1/s1. The van der Waals surface area contributed by atoms with Crippen molar-refractivity contribution in [2.75, 3.05) is 20.3 Å². The fourth-order valence-corrected chi connectivity index (χ4v) is 7.05. The first-order valence-electron chi connectivity index (χ1n) is 13.2. The molecule has 1 saturated carbocycles. The molecule has 0 unspecified atom stereocenters. The fourth-order valence-electron chi connectivity index (χ4n) is 7.05. The number of nitrogens with two attached hydrogens (primary N) is 1. The molecule has 0 aromatic rings. The van der Waals surface area contributed by atoms with Crippen LogP contribution >= 0.6 is 0 Å². The zero-order valence-corrected chi connectivity index (χ0v) is 21.8. The third-order valence-corrected chi connectivity index (χ3v) is 9.10. The van der Waals surface area contributed by atoms with Crippen molar-refractivity contribution in [3.63, 3.8) is 0 Å². The maximum absolute atomic E-state index is 11.8. The van der Waals surface area contributed by atoms with Crippen molar-refractivity contribution >= 4 is 0 Å². The first-order valence-corrected chi connectivity index (χ1v) is 13.2. The molecule has 3 aliphatic carbocycles. The smallest absolute Gasteiger partial charge is 0.187 e. The molecule has 1 saturated heterocycles. The molecule has 0 aromatic carbocycles. The highest BCUT2D eigenvalue weighted by Crippen LogP contribution is 2.55. The van der Waals surface area contributed by atoms with Gasteiger partial charge in [-0.25, -0.2) is 0 Å². The number of hydrogen-bond acceptors (Lipinski definition) is 8. The number of aliphatic hydroxyl groups is 4. The fraction of sp³-hybridized carbons (Fsp3) is 0.852. The van der Waals surface area contributed by atoms with E-state index in [1.807, 2.05) is 0 Å². The van der Waals surface area contributed by atoms with Gasteiger partial charge in [-0.15, -0.1) is 0 Å².